The van der Waals surface area contributed by atoms with Gasteiger partial charge in [0.1, 0.15) is 5.75 Å². The zero-order valence-electron chi connectivity index (χ0n) is 12.6. The number of ether oxygens (including phenoxy) is 1. The molecule has 3 heteroatoms. The van der Waals surface area contributed by atoms with Crippen LogP contribution in [0.5, 0.6) is 5.75 Å². The minimum Gasteiger partial charge on any atom is -0.478 e. The first-order chi connectivity index (χ1) is 9.95. The lowest BCUT2D eigenvalue weighted by atomic mass is 10.1. The van der Waals surface area contributed by atoms with Crippen molar-refractivity contribution in [2.45, 2.75) is 33.3 Å². The van der Waals surface area contributed by atoms with Gasteiger partial charge >= 0.3 is 5.97 Å². The average Bonchev–Trinajstić information content (AvgIpc) is 2.42. The molecule has 0 bridgehead atoms. The molecule has 0 saturated heterocycles. The number of aliphatic carboxylic acids is 1. The van der Waals surface area contributed by atoms with Crippen LogP contribution in [0, 0.1) is 20.8 Å². The molecule has 1 atom stereocenters. The number of carboxylic acid groups (broad SMARTS) is 1. The van der Waals surface area contributed by atoms with Crippen LogP contribution in [0.1, 0.15) is 22.3 Å². The maximum absolute atomic E-state index is 11.4. The van der Waals surface area contributed by atoms with E-state index in [0.717, 1.165) is 22.3 Å². The first-order valence-corrected chi connectivity index (χ1v) is 6.98. The topological polar surface area (TPSA) is 46.5 Å². The summed E-state index contributed by atoms with van der Waals surface area (Å²) < 4.78 is 5.66. The van der Waals surface area contributed by atoms with Gasteiger partial charge in [-0.2, -0.15) is 0 Å². The van der Waals surface area contributed by atoms with Gasteiger partial charge in [-0.1, -0.05) is 35.9 Å². The Morgan fingerprint density at radius 3 is 2.48 bits per heavy atom. The van der Waals surface area contributed by atoms with Crippen molar-refractivity contribution in [3.8, 4) is 5.75 Å². The van der Waals surface area contributed by atoms with Gasteiger partial charge in [0.15, 0.2) is 6.10 Å². The van der Waals surface area contributed by atoms with Gasteiger partial charge in [0.05, 0.1) is 0 Å². The minimum atomic E-state index is -0.949. The highest BCUT2D eigenvalue weighted by atomic mass is 16.5. The summed E-state index contributed by atoms with van der Waals surface area (Å²) >= 11 is 0. The molecule has 110 valence electrons. The van der Waals surface area contributed by atoms with Gasteiger partial charge in [0.25, 0.3) is 0 Å². The summed E-state index contributed by atoms with van der Waals surface area (Å²) in [6.07, 6.45) is -0.530. The number of carbonyl (C=O) groups is 1. The summed E-state index contributed by atoms with van der Waals surface area (Å²) in [5, 5.41) is 9.36. The van der Waals surface area contributed by atoms with Crippen LogP contribution in [0.3, 0.4) is 0 Å². The Morgan fingerprint density at radius 1 is 1.10 bits per heavy atom. The lowest BCUT2D eigenvalue weighted by Crippen LogP contribution is -2.29. The molecule has 1 N–H and O–H groups in total. The molecule has 0 saturated carbocycles. The Hall–Kier alpha value is -2.29. The van der Waals surface area contributed by atoms with Crippen LogP contribution < -0.4 is 4.74 Å². The van der Waals surface area contributed by atoms with Crippen LogP contribution in [-0.4, -0.2) is 17.2 Å². The Bertz CT molecular complexity index is 647. The van der Waals surface area contributed by atoms with E-state index in [0.29, 0.717) is 12.2 Å². The van der Waals surface area contributed by atoms with Crippen LogP contribution in [0.2, 0.25) is 0 Å². The molecule has 2 aromatic carbocycles. The van der Waals surface area contributed by atoms with Crippen molar-refractivity contribution in [3.05, 3.63) is 64.7 Å². The van der Waals surface area contributed by atoms with Gasteiger partial charge in [-0.3, -0.25) is 0 Å². The maximum atomic E-state index is 11.4. The average molecular weight is 284 g/mol. The van der Waals surface area contributed by atoms with Crippen LogP contribution in [-0.2, 0) is 11.2 Å². The van der Waals surface area contributed by atoms with Crippen molar-refractivity contribution >= 4 is 5.97 Å². The first-order valence-electron chi connectivity index (χ1n) is 6.98. The predicted octanol–water partition coefficient (Wildman–Crippen LogP) is 3.69. The summed E-state index contributed by atoms with van der Waals surface area (Å²) in [6.45, 7) is 5.99. The summed E-state index contributed by atoms with van der Waals surface area (Å²) in [5.41, 5.74) is 4.33. The van der Waals surface area contributed by atoms with E-state index in [1.807, 2.05) is 63.2 Å². The van der Waals surface area contributed by atoms with Gasteiger partial charge in [-0.15, -0.1) is 0 Å². The fourth-order valence-corrected chi connectivity index (χ4v) is 2.18. The van der Waals surface area contributed by atoms with Crippen molar-refractivity contribution < 1.29 is 14.6 Å². The first kappa shape index (κ1) is 15.1. The lowest BCUT2D eigenvalue weighted by molar-refractivity contribution is -0.145. The second-order valence-electron chi connectivity index (χ2n) is 5.38. The molecule has 0 amide bonds. The number of aryl methyl sites for hydroxylation is 3. The van der Waals surface area contributed by atoms with E-state index in [1.54, 1.807) is 0 Å². The highest BCUT2D eigenvalue weighted by Gasteiger charge is 2.20. The minimum absolute atomic E-state index is 0.351. The Balaban J connectivity index is 2.15. The molecular formula is C18H20O3. The SMILES string of the molecule is Cc1cccc(CC(Oc2ccc(C)c(C)c2)C(=O)O)c1. The summed E-state index contributed by atoms with van der Waals surface area (Å²) in [4.78, 5) is 11.4. The van der Waals surface area contributed by atoms with Crippen LogP contribution in [0.25, 0.3) is 0 Å². The van der Waals surface area contributed by atoms with E-state index in [1.165, 1.54) is 0 Å². The monoisotopic (exact) mass is 284 g/mol. The zero-order chi connectivity index (χ0) is 15.4. The fourth-order valence-electron chi connectivity index (χ4n) is 2.18. The third kappa shape index (κ3) is 4.09. The molecule has 2 rings (SSSR count). The van der Waals surface area contributed by atoms with Crippen molar-refractivity contribution in [2.75, 3.05) is 0 Å². The maximum Gasteiger partial charge on any atom is 0.345 e. The quantitative estimate of drug-likeness (QED) is 0.911. The molecule has 0 fully saturated rings. The predicted molar refractivity (Wildman–Crippen MR) is 82.9 cm³/mol. The van der Waals surface area contributed by atoms with Gasteiger partial charge in [-0.25, -0.2) is 4.79 Å². The van der Waals surface area contributed by atoms with Crippen LogP contribution in [0.15, 0.2) is 42.5 Å². The van der Waals surface area contributed by atoms with E-state index in [2.05, 4.69) is 0 Å². The van der Waals surface area contributed by atoms with Gasteiger partial charge in [0, 0.05) is 6.42 Å². The summed E-state index contributed by atoms with van der Waals surface area (Å²) in [7, 11) is 0. The largest absolute Gasteiger partial charge is 0.478 e. The summed E-state index contributed by atoms with van der Waals surface area (Å²) in [5.74, 6) is -0.354. The van der Waals surface area contributed by atoms with E-state index in [9.17, 15) is 9.90 Å². The third-order valence-electron chi connectivity index (χ3n) is 3.54. The molecule has 0 aliphatic heterocycles. The van der Waals surface area contributed by atoms with E-state index in [-0.39, 0.29) is 0 Å². The van der Waals surface area contributed by atoms with Crippen molar-refractivity contribution in [3.63, 3.8) is 0 Å². The zero-order valence-corrected chi connectivity index (χ0v) is 12.6. The molecule has 1 unspecified atom stereocenters. The van der Waals surface area contributed by atoms with Crippen molar-refractivity contribution in [2.24, 2.45) is 0 Å². The molecule has 2 aromatic rings. The molecule has 0 aromatic heterocycles. The van der Waals surface area contributed by atoms with Gasteiger partial charge < -0.3 is 9.84 Å². The number of hydrogen-bond acceptors (Lipinski definition) is 2. The number of hydrogen-bond donors (Lipinski definition) is 1. The van der Waals surface area contributed by atoms with Crippen molar-refractivity contribution in [1.82, 2.24) is 0 Å². The molecule has 3 nitrogen and oxygen atoms in total. The molecule has 21 heavy (non-hydrogen) atoms. The highest BCUT2D eigenvalue weighted by Crippen LogP contribution is 2.19. The van der Waals surface area contributed by atoms with Crippen molar-refractivity contribution in [1.29, 1.82) is 0 Å². The standard InChI is InChI=1S/C18H20O3/c1-12-5-4-6-15(9-12)11-17(18(19)20)21-16-8-7-13(2)14(3)10-16/h4-10,17H,11H2,1-3H3,(H,19,20). The summed E-state index contributed by atoms with van der Waals surface area (Å²) in [6, 6.07) is 13.5. The Morgan fingerprint density at radius 2 is 1.86 bits per heavy atom. The van der Waals surface area contributed by atoms with E-state index < -0.39 is 12.1 Å². The van der Waals surface area contributed by atoms with Gasteiger partial charge in [-0.05, 0) is 49.6 Å². The fraction of sp³-hybridized carbons (Fsp3) is 0.278. The van der Waals surface area contributed by atoms with Crippen LogP contribution >= 0.6 is 0 Å². The molecular weight excluding hydrogens is 264 g/mol. The number of benzene rings is 2. The van der Waals surface area contributed by atoms with E-state index in [4.69, 9.17) is 4.74 Å². The molecule has 0 aliphatic rings. The van der Waals surface area contributed by atoms with Crippen LogP contribution in [0.4, 0.5) is 0 Å². The lowest BCUT2D eigenvalue weighted by Gasteiger charge is -2.16. The Kier molecular flexibility index (Phi) is 4.63. The second kappa shape index (κ2) is 6.44. The molecule has 0 radical (unpaired) electrons. The van der Waals surface area contributed by atoms with E-state index >= 15 is 0 Å². The highest BCUT2D eigenvalue weighted by molar-refractivity contribution is 5.73. The molecule has 0 heterocycles. The third-order valence-corrected chi connectivity index (χ3v) is 3.54. The normalized spacial score (nSPS) is 12.0. The smallest absolute Gasteiger partial charge is 0.345 e. The van der Waals surface area contributed by atoms with Gasteiger partial charge in [0.2, 0.25) is 0 Å². The number of rotatable bonds is 5. The Labute approximate surface area is 125 Å². The number of carboxylic acids is 1. The molecule has 0 aliphatic carbocycles. The second-order valence-corrected chi connectivity index (χ2v) is 5.38. The molecule has 0 spiro atoms.